The molecule has 2 aromatic carbocycles. The molecule has 0 aliphatic carbocycles. The Morgan fingerprint density at radius 3 is 2.59 bits per heavy atom. The van der Waals surface area contributed by atoms with E-state index in [-0.39, 0.29) is 6.04 Å². The molecule has 1 aromatic heterocycles. The van der Waals surface area contributed by atoms with Gasteiger partial charge in [-0.1, -0.05) is 28.1 Å². The summed E-state index contributed by atoms with van der Waals surface area (Å²) in [6, 6.07) is 14.2. The molecule has 0 aliphatic rings. The van der Waals surface area contributed by atoms with E-state index in [2.05, 4.69) is 40.0 Å². The van der Waals surface area contributed by atoms with Crippen LogP contribution >= 0.6 is 15.9 Å². The van der Waals surface area contributed by atoms with Crippen LogP contribution in [0.4, 0.5) is 0 Å². The smallest absolute Gasteiger partial charge is 0.118 e. The number of aryl methyl sites for hydroxylation is 1. The molecule has 0 saturated carbocycles. The van der Waals surface area contributed by atoms with Gasteiger partial charge >= 0.3 is 0 Å². The summed E-state index contributed by atoms with van der Waals surface area (Å²) in [5.74, 6) is 0.850. The van der Waals surface area contributed by atoms with Crippen molar-refractivity contribution in [3.05, 3.63) is 63.8 Å². The Labute approximate surface area is 138 Å². The van der Waals surface area contributed by atoms with Crippen LogP contribution in [-0.2, 0) is 6.42 Å². The van der Waals surface area contributed by atoms with E-state index in [1.165, 1.54) is 16.6 Å². The molecule has 3 nitrogen and oxygen atoms in total. The maximum Gasteiger partial charge on any atom is 0.118 e. The van der Waals surface area contributed by atoms with Gasteiger partial charge < -0.3 is 15.5 Å². The third-order valence-corrected chi connectivity index (χ3v) is 4.54. The Bertz CT molecular complexity index is 793. The van der Waals surface area contributed by atoms with E-state index in [9.17, 15) is 0 Å². The van der Waals surface area contributed by atoms with E-state index >= 15 is 0 Å². The van der Waals surface area contributed by atoms with E-state index in [1.807, 2.05) is 30.3 Å². The third kappa shape index (κ3) is 2.89. The average Bonchev–Trinajstić information content (AvgIpc) is 2.83. The number of hydrogen-bond donors (Lipinski definition) is 2. The number of hydrogen-bond acceptors (Lipinski definition) is 2. The molecular weight excluding hydrogens is 340 g/mol. The summed E-state index contributed by atoms with van der Waals surface area (Å²) in [6.45, 7) is 2.10. The van der Waals surface area contributed by atoms with Gasteiger partial charge in [-0.2, -0.15) is 0 Å². The van der Waals surface area contributed by atoms with Gasteiger partial charge in [-0.05, 0) is 54.8 Å². The van der Waals surface area contributed by atoms with E-state index in [0.29, 0.717) is 0 Å². The zero-order chi connectivity index (χ0) is 15.7. The molecule has 0 aliphatic heterocycles. The Morgan fingerprint density at radius 2 is 1.91 bits per heavy atom. The minimum absolute atomic E-state index is 0.0393. The van der Waals surface area contributed by atoms with E-state index < -0.39 is 0 Å². The predicted octanol–water partition coefficient (Wildman–Crippen LogP) is 4.49. The number of aromatic nitrogens is 1. The molecule has 1 atom stereocenters. The number of aromatic amines is 1. The van der Waals surface area contributed by atoms with Crippen LogP contribution in [0.1, 0.15) is 22.9 Å². The molecule has 0 bridgehead atoms. The topological polar surface area (TPSA) is 51.0 Å². The molecule has 0 saturated heterocycles. The number of fused-ring (bicyclic) bond motifs is 1. The molecule has 0 radical (unpaired) electrons. The van der Waals surface area contributed by atoms with Crippen molar-refractivity contribution in [2.24, 2.45) is 5.73 Å². The van der Waals surface area contributed by atoms with Crippen LogP contribution in [0.2, 0.25) is 0 Å². The largest absolute Gasteiger partial charge is 0.497 e. The maximum atomic E-state index is 6.41. The van der Waals surface area contributed by atoms with Gasteiger partial charge in [-0.3, -0.25) is 0 Å². The highest BCUT2D eigenvalue weighted by molar-refractivity contribution is 9.10. The van der Waals surface area contributed by atoms with E-state index in [1.54, 1.807) is 7.11 Å². The fraction of sp³-hybridized carbons (Fsp3) is 0.222. The standard InChI is InChI=1S/C18H19BrN2O/c1-11-15(16-9-13(19)5-8-18(16)21-11)10-17(20)12-3-6-14(22-2)7-4-12/h3-9,17,21H,10,20H2,1-2H3. The van der Waals surface area contributed by atoms with Crippen molar-refractivity contribution in [3.63, 3.8) is 0 Å². The normalized spacial score (nSPS) is 12.5. The molecule has 0 spiro atoms. The highest BCUT2D eigenvalue weighted by Gasteiger charge is 2.14. The average molecular weight is 359 g/mol. The lowest BCUT2D eigenvalue weighted by Gasteiger charge is -2.13. The molecule has 0 amide bonds. The second kappa shape index (κ2) is 6.15. The Morgan fingerprint density at radius 1 is 1.18 bits per heavy atom. The van der Waals surface area contributed by atoms with Crippen molar-refractivity contribution >= 4 is 26.8 Å². The summed E-state index contributed by atoms with van der Waals surface area (Å²) in [4.78, 5) is 3.43. The predicted molar refractivity (Wildman–Crippen MR) is 94.4 cm³/mol. The summed E-state index contributed by atoms with van der Waals surface area (Å²) in [6.07, 6.45) is 0.800. The van der Waals surface area contributed by atoms with Gasteiger partial charge in [0.15, 0.2) is 0 Å². The fourth-order valence-electron chi connectivity index (χ4n) is 2.81. The van der Waals surface area contributed by atoms with Crippen LogP contribution in [0, 0.1) is 6.92 Å². The molecule has 3 rings (SSSR count). The number of ether oxygens (including phenoxy) is 1. The first-order chi connectivity index (χ1) is 10.6. The zero-order valence-corrected chi connectivity index (χ0v) is 14.3. The van der Waals surface area contributed by atoms with Gasteiger partial charge in [0.25, 0.3) is 0 Å². The van der Waals surface area contributed by atoms with E-state index in [0.717, 1.165) is 27.7 Å². The molecule has 1 heterocycles. The van der Waals surface area contributed by atoms with Crippen LogP contribution in [0.3, 0.4) is 0 Å². The summed E-state index contributed by atoms with van der Waals surface area (Å²) in [7, 11) is 1.67. The Kier molecular flexibility index (Phi) is 4.23. The second-order valence-electron chi connectivity index (χ2n) is 5.50. The van der Waals surface area contributed by atoms with Crippen LogP contribution in [0.25, 0.3) is 10.9 Å². The van der Waals surface area contributed by atoms with Gasteiger partial charge in [0, 0.05) is 27.1 Å². The molecule has 22 heavy (non-hydrogen) atoms. The third-order valence-electron chi connectivity index (χ3n) is 4.05. The first-order valence-corrected chi connectivity index (χ1v) is 8.04. The lowest BCUT2D eigenvalue weighted by atomic mass is 9.97. The zero-order valence-electron chi connectivity index (χ0n) is 12.7. The van der Waals surface area contributed by atoms with Crippen LogP contribution in [0.15, 0.2) is 46.9 Å². The first-order valence-electron chi connectivity index (χ1n) is 7.24. The number of benzene rings is 2. The molecule has 1 unspecified atom stereocenters. The molecular formula is C18H19BrN2O. The number of nitrogens with two attached hydrogens (primary N) is 1. The number of nitrogens with one attached hydrogen (secondary N) is 1. The van der Waals surface area contributed by atoms with Gasteiger partial charge in [-0.25, -0.2) is 0 Å². The summed E-state index contributed by atoms with van der Waals surface area (Å²) in [5, 5.41) is 1.23. The van der Waals surface area contributed by atoms with Crippen molar-refractivity contribution in [2.75, 3.05) is 7.11 Å². The molecule has 4 heteroatoms. The van der Waals surface area contributed by atoms with Crippen molar-refractivity contribution in [2.45, 2.75) is 19.4 Å². The van der Waals surface area contributed by atoms with E-state index in [4.69, 9.17) is 10.5 Å². The number of methoxy groups -OCH3 is 1. The monoisotopic (exact) mass is 358 g/mol. The van der Waals surface area contributed by atoms with Gasteiger partial charge in [0.1, 0.15) is 5.75 Å². The van der Waals surface area contributed by atoms with Gasteiger partial charge in [-0.15, -0.1) is 0 Å². The summed E-state index contributed by atoms with van der Waals surface area (Å²) >= 11 is 3.54. The second-order valence-corrected chi connectivity index (χ2v) is 6.42. The van der Waals surface area contributed by atoms with Crippen LogP contribution in [-0.4, -0.2) is 12.1 Å². The van der Waals surface area contributed by atoms with Crippen molar-refractivity contribution in [1.82, 2.24) is 4.98 Å². The highest BCUT2D eigenvalue weighted by atomic mass is 79.9. The Hall–Kier alpha value is -1.78. The molecule has 3 N–H and O–H groups in total. The summed E-state index contributed by atoms with van der Waals surface area (Å²) < 4.78 is 6.28. The quantitative estimate of drug-likeness (QED) is 0.721. The van der Waals surface area contributed by atoms with Crippen LogP contribution in [0.5, 0.6) is 5.75 Å². The number of H-pyrrole nitrogens is 1. The minimum atomic E-state index is -0.0393. The SMILES string of the molecule is COc1ccc(C(N)Cc2c(C)[nH]c3ccc(Br)cc23)cc1. The van der Waals surface area contributed by atoms with Crippen LogP contribution < -0.4 is 10.5 Å². The molecule has 0 fully saturated rings. The lowest BCUT2D eigenvalue weighted by molar-refractivity contribution is 0.414. The maximum absolute atomic E-state index is 6.41. The first kappa shape index (κ1) is 15.1. The van der Waals surface area contributed by atoms with Crippen molar-refractivity contribution in [1.29, 1.82) is 0 Å². The lowest BCUT2D eigenvalue weighted by Crippen LogP contribution is -2.13. The van der Waals surface area contributed by atoms with Gasteiger partial charge in [0.05, 0.1) is 7.11 Å². The minimum Gasteiger partial charge on any atom is -0.497 e. The number of rotatable bonds is 4. The van der Waals surface area contributed by atoms with Crippen molar-refractivity contribution < 1.29 is 4.74 Å². The fourth-order valence-corrected chi connectivity index (χ4v) is 3.17. The van der Waals surface area contributed by atoms with Gasteiger partial charge in [0.2, 0.25) is 0 Å². The highest BCUT2D eigenvalue weighted by Crippen LogP contribution is 2.29. The molecule has 3 aromatic rings. The van der Waals surface area contributed by atoms with Crippen molar-refractivity contribution in [3.8, 4) is 5.75 Å². The molecule has 114 valence electrons. The summed E-state index contributed by atoms with van der Waals surface area (Å²) in [5.41, 5.74) is 11.1. The number of halogens is 1. The Balaban J connectivity index is 1.91.